The first kappa shape index (κ1) is 32.3. The van der Waals surface area contributed by atoms with Gasteiger partial charge in [-0.15, -0.1) is 0 Å². The number of carbonyl (C=O) groups is 1. The Hall–Kier alpha value is -1.64. The van der Waals surface area contributed by atoms with Crippen LogP contribution in [0.3, 0.4) is 0 Å². The molecule has 2 saturated heterocycles. The van der Waals surface area contributed by atoms with Crippen LogP contribution in [0.5, 0.6) is 0 Å². The Morgan fingerprint density at radius 2 is 1.71 bits per heavy atom. The van der Waals surface area contributed by atoms with Crippen LogP contribution in [0.1, 0.15) is 90.3 Å². The minimum Gasteiger partial charge on any atom is -0.348 e. The number of carbonyl (C=O) groups excluding carboxylic acids is 1. The number of benzene rings is 2. The molecule has 6 nitrogen and oxygen atoms in total. The quantitative estimate of drug-likeness (QED) is 0.272. The van der Waals surface area contributed by atoms with Crippen molar-refractivity contribution in [1.82, 2.24) is 4.90 Å². The molecule has 9 heteroatoms. The lowest BCUT2D eigenvalue weighted by molar-refractivity contribution is -0.163. The van der Waals surface area contributed by atoms with Crippen LogP contribution in [0.2, 0.25) is 10.0 Å². The first-order valence-electron chi connectivity index (χ1n) is 14.5. The molecule has 4 rings (SSSR count). The van der Waals surface area contributed by atoms with Crippen molar-refractivity contribution in [3.05, 3.63) is 69.7 Å². The number of hydrogen-bond acceptors (Lipinski definition) is 5. The zero-order valence-electron chi connectivity index (χ0n) is 24.9. The number of nitrogens with zero attached hydrogens (tertiary/aromatic N) is 1. The molecular formula is C32H43Cl2NO5S. The molecule has 0 N–H and O–H groups in total. The molecule has 0 aliphatic carbocycles. The number of ether oxygens (including phenoxy) is 2. The van der Waals surface area contributed by atoms with E-state index in [9.17, 15) is 13.2 Å². The van der Waals surface area contributed by atoms with Gasteiger partial charge in [0.15, 0.2) is 15.6 Å². The summed E-state index contributed by atoms with van der Waals surface area (Å²) >= 11 is 12.8. The zero-order chi connectivity index (χ0) is 30.2. The number of likely N-dealkylation sites (tertiary alicyclic amines) is 1. The Morgan fingerprint density at radius 3 is 2.27 bits per heavy atom. The first-order valence-corrected chi connectivity index (χ1v) is 17.0. The number of amides is 1. The molecule has 0 saturated carbocycles. The van der Waals surface area contributed by atoms with Crippen molar-refractivity contribution in [2.24, 2.45) is 5.41 Å². The van der Waals surface area contributed by atoms with Crippen molar-refractivity contribution in [3.63, 3.8) is 0 Å². The monoisotopic (exact) mass is 623 g/mol. The predicted octanol–water partition coefficient (Wildman–Crippen LogP) is 7.59. The van der Waals surface area contributed by atoms with Crippen LogP contribution in [0.25, 0.3) is 0 Å². The summed E-state index contributed by atoms with van der Waals surface area (Å²) in [7, 11) is -3.29. The van der Waals surface area contributed by atoms with E-state index in [1.54, 1.807) is 13.8 Å². The summed E-state index contributed by atoms with van der Waals surface area (Å²) in [5.74, 6) is -0.762. The fourth-order valence-electron chi connectivity index (χ4n) is 6.41. The molecule has 0 aromatic heterocycles. The topological polar surface area (TPSA) is 72.9 Å². The lowest BCUT2D eigenvalue weighted by Gasteiger charge is -2.52. The Labute approximate surface area is 255 Å². The summed E-state index contributed by atoms with van der Waals surface area (Å²) in [6.07, 6.45) is 1.83. The number of rotatable bonds is 10. The second-order valence-electron chi connectivity index (χ2n) is 12.6. The van der Waals surface area contributed by atoms with E-state index >= 15 is 0 Å². The summed E-state index contributed by atoms with van der Waals surface area (Å²) in [6, 6.07) is 14.9. The molecule has 5 atom stereocenters. The highest BCUT2D eigenvalue weighted by molar-refractivity contribution is 7.91. The second kappa shape index (κ2) is 12.5. The maximum atomic E-state index is 14.8. The van der Waals surface area contributed by atoms with Gasteiger partial charge in [-0.05, 0) is 88.8 Å². The van der Waals surface area contributed by atoms with Gasteiger partial charge in [0.25, 0.3) is 0 Å². The molecule has 2 heterocycles. The highest BCUT2D eigenvalue weighted by atomic mass is 35.5. The third-order valence-corrected chi connectivity index (χ3v) is 11.4. The van der Waals surface area contributed by atoms with Gasteiger partial charge in [0.05, 0.1) is 29.8 Å². The van der Waals surface area contributed by atoms with Crippen LogP contribution in [0.15, 0.2) is 48.5 Å². The number of hydrogen-bond donors (Lipinski definition) is 0. The molecule has 226 valence electrons. The van der Waals surface area contributed by atoms with E-state index in [1.165, 1.54) is 0 Å². The van der Waals surface area contributed by atoms with Crippen LogP contribution in [-0.4, -0.2) is 54.8 Å². The summed E-state index contributed by atoms with van der Waals surface area (Å²) in [5, 5.41) is 0.769. The third kappa shape index (κ3) is 7.30. The van der Waals surface area contributed by atoms with E-state index in [1.807, 2.05) is 75.1 Å². The minimum atomic E-state index is -3.29. The van der Waals surface area contributed by atoms with Crippen LogP contribution in [0.4, 0.5) is 0 Å². The van der Waals surface area contributed by atoms with Crippen molar-refractivity contribution < 1.29 is 22.7 Å². The van der Waals surface area contributed by atoms with Gasteiger partial charge in [-0.2, -0.15) is 0 Å². The standard InChI is InChI=1S/C32H43Cl2NO5S/c1-7-26(15-16-41(37,38)21(2)3)35-29(22-11-13-24(33)14-12-22)28(23-9-8-10-25(34)17-23)19-32(6,30(35)36)18-27-20-39-31(4,5)40-27/h8-14,17,21,26-29H,7,15-16,18-20H2,1-6H3/t26-,27?,28+,29?,32-/m0/s1. The first-order chi connectivity index (χ1) is 19.2. The van der Waals surface area contributed by atoms with Gasteiger partial charge in [0, 0.05) is 27.4 Å². The van der Waals surface area contributed by atoms with Gasteiger partial charge in [-0.1, -0.05) is 61.3 Å². The molecule has 2 aliphatic rings. The summed E-state index contributed by atoms with van der Waals surface area (Å²) in [6.45, 7) is 11.6. The van der Waals surface area contributed by atoms with Crippen LogP contribution < -0.4 is 0 Å². The molecule has 0 spiro atoms. The van der Waals surface area contributed by atoms with E-state index in [4.69, 9.17) is 32.7 Å². The maximum Gasteiger partial charge on any atom is 0.229 e. The molecule has 0 bridgehead atoms. The molecule has 1 amide bonds. The largest absolute Gasteiger partial charge is 0.348 e. The van der Waals surface area contributed by atoms with Crippen molar-refractivity contribution >= 4 is 38.9 Å². The fraction of sp³-hybridized carbons (Fsp3) is 0.594. The summed E-state index contributed by atoms with van der Waals surface area (Å²) in [4.78, 5) is 16.8. The average molecular weight is 625 g/mol. The molecule has 2 aliphatic heterocycles. The molecular weight excluding hydrogens is 581 g/mol. The van der Waals surface area contributed by atoms with E-state index < -0.39 is 26.3 Å². The lowest BCUT2D eigenvalue weighted by Crippen LogP contribution is -2.56. The second-order valence-corrected chi connectivity index (χ2v) is 16.1. The van der Waals surface area contributed by atoms with E-state index in [-0.39, 0.29) is 35.8 Å². The fourth-order valence-corrected chi connectivity index (χ4v) is 7.81. The van der Waals surface area contributed by atoms with Crippen molar-refractivity contribution in [2.45, 2.75) is 102 Å². The molecule has 41 heavy (non-hydrogen) atoms. The van der Waals surface area contributed by atoms with Crippen molar-refractivity contribution in [3.8, 4) is 0 Å². The smallest absolute Gasteiger partial charge is 0.229 e. The molecule has 2 aromatic rings. The number of sulfone groups is 1. The summed E-state index contributed by atoms with van der Waals surface area (Å²) < 4.78 is 37.8. The normalized spacial score (nSPS) is 27.4. The van der Waals surface area contributed by atoms with E-state index in [0.29, 0.717) is 42.3 Å². The SMILES string of the molecule is CC[C@@H](CCS(=O)(=O)C(C)C)N1C(=O)[C@@](C)(CC2COC(C)(C)O2)C[C@H](c2cccc(Cl)c2)C1c1ccc(Cl)cc1. The molecule has 2 aromatic carbocycles. The molecule has 2 unspecified atom stereocenters. The Balaban J connectivity index is 1.83. The van der Waals surface area contributed by atoms with Crippen LogP contribution in [0, 0.1) is 5.41 Å². The highest BCUT2D eigenvalue weighted by Gasteiger charge is 2.53. The van der Waals surface area contributed by atoms with Gasteiger partial charge >= 0.3 is 0 Å². The van der Waals surface area contributed by atoms with Gasteiger partial charge in [0.1, 0.15) is 0 Å². The van der Waals surface area contributed by atoms with E-state index in [2.05, 4.69) is 6.07 Å². The van der Waals surface area contributed by atoms with Gasteiger partial charge in [-0.25, -0.2) is 8.42 Å². The summed E-state index contributed by atoms with van der Waals surface area (Å²) in [5.41, 5.74) is 1.23. The predicted molar refractivity (Wildman–Crippen MR) is 165 cm³/mol. The van der Waals surface area contributed by atoms with Gasteiger partial charge < -0.3 is 14.4 Å². The molecule has 2 fully saturated rings. The Kier molecular flexibility index (Phi) is 9.87. The van der Waals surface area contributed by atoms with Crippen molar-refractivity contribution in [2.75, 3.05) is 12.4 Å². The average Bonchev–Trinajstić information content (AvgIpc) is 3.24. The third-order valence-electron chi connectivity index (χ3n) is 8.65. The zero-order valence-corrected chi connectivity index (χ0v) is 27.2. The maximum absolute atomic E-state index is 14.8. The van der Waals surface area contributed by atoms with Crippen molar-refractivity contribution in [1.29, 1.82) is 0 Å². The Bertz CT molecular complexity index is 1330. The van der Waals surface area contributed by atoms with Gasteiger partial charge in [-0.3, -0.25) is 4.79 Å². The molecule has 0 radical (unpaired) electrons. The van der Waals surface area contributed by atoms with Crippen LogP contribution in [-0.2, 0) is 24.1 Å². The van der Waals surface area contributed by atoms with E-state index in [0.717, 1.165) is 11.1 Å². The minimum absolute atomic E-state index is 0.0119. The number of piperidine rings is 1. The number of halogens is 2. The lowest BCUT2D eigenvalue weighted by atomic mass is 9.66. The highest BCUT2D eigenvalue weighted by Crippen LogP contribution is 2.53. The Morgan fingerprint density at radius 1 is 1.02 bits per heavy atom. The van der Waals surface area contributed by atoms with Crippen LogP contribution >= 0.6 is 23.2 Å². The van der Waals surface area contributed by atoms with Gasteiger partial charge in [0.2, 0.25) is 5.91 Å².